The van der Waals surface area contributed by atoms with Crippen LogP contribution in [0.2, 0.25) is 0 Å². The van der Waals surface area contributed by atoms with Crippen LogP contribution in [0.4, 0.5) is 0 Å². The molecule has 0 N–H and O–H groups in total. The third-order valence-electron chi connectivity index (χ3n) is 2.67. The fraction of sp³-hybridized carbons (Fsp3) is 0.611. The molecule has 0 amide bonds. The average molecular weight is 297 g/mol. The molecule has 0 aliphatic carbocycles. The molecule has 0 bridgehead atoms. The second kappa shape index (κ2) is 18.2. The highest BCUT2D eigenvalue weighted by atomic mass is 35.5. The molecule has 0 spiro atoms. The van der Waals surface area contributed by atoms with Crippen LogP contribution >= 0.6 is 11.6 Å². The van der Waals surface area contributed by atoms with Gasteiger partial charge in [-0.05, 0) is 44.3 Å². The van der Waals surface area contributed by atoms with Crippen molar-refractivity contribution in [2.45, 2.75) is 51.9 Å². The first-order valence-corrected chi connectivity index (χ1v) is 8.28. The van der Waals surface area contributed by atoms with Gasteiger partial charge in [0.1, 0.15) is 0 Å². The van der Waals surface area contributed by atoms with E-state index in [0.717, 1.165) is 38.2 Å². The largest absolute Gasteiger partial charge is 0.377 e. The summed E-state index contributed by atoms with van der Waals surface area (Å²) in [4.78, 5) is 0. The second-order valence-electron chi connectivity index (χ2n) is 4.59. The number of unbranched alkanes of at least 4 members (excludes halogenated alkanes) is 3. The van der Waals surface area contributed by atoms with Gasteiger partial charge in [-0.25, -0.2) is 0 Å². The lowest BCUT2D eigenvalue weighted by Gasteiger charge is -1.95. The molecular formula is C18H29ClO. The van der Waals surface area contributed by atoms with Crippen LogP contribution in [0.5, 0.6) is 0 Å². The average Bonchev–Trinajstić information content (AvgIpc) is 2.47. The Morgan fingerprint density at radius 2 is 1.75 bits per heavy atom. The van der Waals surface area contributed by atoms with Crippen molar-refractivity contribution in [3.63, 3.8) is 0 Å². The third kappa shape index (κ3) is 17.2. The smallest absolute Gasteiger partial charge is 0.0647 e. The van der Waals surface area contributed by atoms with Crippen LogP contribution in [0.25, 0.3) is 0 Å². The van der Waals surface area contributed by atoms with Gasteiger partial charge in [0.05, 0.1) is 13.2 Å². The first-order valence-electron chi connectivity index (χ1n) is 7.75. The lowest BCUT2D eigenvalue weighted by molar-refractivity contribution is 0.167. The standard InChI is InChI=1S/C18H29ClO/c1-2-3-4-5-6-8-11-14-17-20-18-15-12-9-7-10-13-16-19/h5-7,11-12,14H,2-4,8,10,13,15-18H2,1H3/b6-5-,14-11-. The summed E-state index contributed by atoms with van der Waals surface area (Å²) in [5.41, 5.74) is 3.14. The summed E-state index contributed by atoms with van der Waals surface area (Å²) < 4.78 is 5.49. The molecule has 0 aromatic heterocycles. The number of hydrogen-bond acceptors (Lipinski definition) is 1. The molecule has 0 rings (SSSR count). The number of rotatable bonds is 13. The van der Waals surface area contributed by atoms with Crippen molar-refractivity contribution in [3.05, 3.63) is 42.2 Å². The Morgan fingerprint density at radius 3 is 2.55 bits per heavy atom. The highest BCUT2D eigenvalue weighted by Gasteiger charge is 1.82. The van der Waals surface area contributed by atoms with Gasteiger partial charge in [-0.15, -0.1) is 17.3 Å². The predicted molar refractivity (Wildman–Crippen MR) is 90.5 cm³/mol. The Labute approximate surface area is 130 Å². The van der Waals surface area contributed by atoms with E-state index >= 15 is 0 Å². The van der Waals surface area contributed by atoms with Crippen molar-refractivity contribution < 1.29 is 4.74 Å². The van der Waals surface area contributed by atoms with Gasteiger partial charge in [-0.3, -0.25) is 0 Å². The topological polar surface area (TPSA) is 9.23 Å². The Bertz CT molecular complexity index is 299. The Kier molecular flexibility index (Phi) is 17.6. The number of halogens is 1. The van der Waals surface area contributed by atoms with Crippen LogP contribution in [-0.4, -0.2) is 19.1 Å². The Balaban J connectivity index is 3.30. The SMILES string of the molecule is CCCC/C=C\C/C=C\COCCC=C=CCCCCl. The summed E-state index contributed by atoms with van der Waals surface area (Å²) in [7, 11) is 0. The maximum atomic E-state index is 5.58. The molecule has 2 heteroatoms. The van der Waals surface area contributed by atoms with Gasteiger partial charge in [0.15, 0.2) is 0 Å². The normalized spacial score (nSPS) is 11.1. The third-order valence-corrected chi connectivity index (χ3v) is 2.94. The molecule has 0 saturated carbocycles. The lowest BCUT2D eigenvalue weighted by atomic mass is 10.2. The molecule has 0 radical (unpaired) electrons. The molecule has 0 fully saturated rings. The number of ether oxygens (including phenoxy) is 1. The Morgan fingerprint density at radius 1 is 0.950 bits per heavy atom. The first kappa shape index (κ1) is 19.2. The molecule has 1 nitrogen and oxygen atoms in total. The van der Waals surface area contributed by atoms with Crippen LogP contribution < -0.4 is 0 Å². The first-order chi connectivity index (χ1) is 9.91. The van der Waals surface area contributed by atoms with E-state index in [2.05, 4.69) is 37.0 Å². The monoisotopic (exact) mass is 296 g/mol. The van der Waals surface area contributed by atoms with Crippen LogP contribution in [0, 0.1) is 0 Å². The van der Waals surface area contributed by atoms with Gasteiger partial charge in [0.25, 0.3) is 0 Å². The minimum atomic E-state index is 0.701. The van der Waals surface area contributed by atoms with Gasteiger partial charge < -0.3 is 4.74 Å². The van der Waals surface area contributed by atoms with Gasteiger partial charge in [0.2, 0.25) is 0 Å². The molecule has 0 aromatic carbocycles. The van der Waals surface area contributed by atoms with Gasteiger partial charge in [0, 0.05) is 5.88 Å². The summed E-state index contributed by atoms with van der Waals surface area (Å²) in [6, 6.07) is 0. The minimum Gasteiger partial charge on any atom is -0.377 e. The highest BCUT2D eigenvalue weighted by molar-refractivity contribution is 6.17. The van der Waals surface area contributed by atoms with Gasteiger partial charge >= 0.3 is 0 Å². The number of alkyl halides is 1. The van der Waals surface area contributed by atoms with Crippen molar-refractivity contribution in [2.75, 3.05) is 19.1 Å². The van der Waals surface area contributed by atoms with E-state index in [-0.39, 0.29) is 0 Å². The highest BCUT2D eigenvalue weighted by Crippen LogP contribution is 1.97. The lowest BCUT2D eigenvalue weighted by Crippen LogP contribution is -1.91. The summed E-state index contributed by atoms with van der Waals surface area (Å²) >= 11 is 5.58. The molecule has 0 aliphatic heterocycles. The van der Waals surface area contributed by atoms with Crippen LogP contribution in [-0.2, 0) is 4.74 Å². The zero-order chi connectivity index (χ0) is 14.7. The maximum absolute atomic E-state index is 5.58. The molecule has 0 heterocycles. The van der Waals surface area contributed by atoms with Gasteiger partial charge in [-0.2, -0.15) is 0 Å². The summed E-state index contributed by atoms with van der Waals surface area (Å²) in [5, 5.41) is 0. The van der Waals surface area contributed by atoms with Crippen molar-refractivity contribution in [3.8, 4) is 0 Å². The van der Waals surface area contributed by atoms with E-state index in [1.54, 1.807) is 0 Å². The minimum absolute atomic E-state index is 0.701. The van der Waals surface area contributed by atoms with Gasteiger partial charge in [-0.1, -0.05) is 44.1 Å². The molecular weight excluding hydrogens is 268 g/mol. The fourth-order valence-corrected chi connectivity index (χ4v) is 1.66. The summed E-state index contributed by atoms with van der Waals surface area (Å²) in [5.74, 6) is 0.724. The van der Waals surface area contributed by atoms with E-state index in [4.69, 9.17) is 16.3 Å². The number of hydrogen-bond donors (Lipinski definition) is 0. The second-order valence-corrected chi connectivity index (χ2v) is 4.97. The maximum Gasteiger partial charge on any atom is 0.0647 e. The molecule has 20 heavy (non-hydrogen) atoms. The van der Waals surface area contributed by atoms with Crippen LogP contribution in [0.3, 0.4) is 0 Å². The quantitative estimate of drug-likeness (QED) is 0.180. The van der Waals surface area contributed by atoms with Crippen molar-refractivity contribution >= 4 is 11.6 Å². The predicted octanol–water partition coefficient (Wildman–Crippen LogP) is 5.82. The van der Waals surface area contributed by atoms with E-state index in [1.807, 2.05) is 12.2 Å². The van der Waals surface area contributed by atoms with Crippen molar-refractivity contribution in [1.82, 2.24) is 0 Å². The van der Waals surface area contributed by atoms with Crippen LogP contribution in [0.15, 0.2) is 42.2 Å². The molecule has 0 unspecified atom stereocenters. The van der Waals surface area contributed by atoms with E-state index in [0.29, 0.717) is 6.61 Å². The van der Waals surface area contributed by atoms with Crippen molar-refractivity contribution in [1.29, 1.82) is 0 Å². The van der Waals surface area contributed by atoms with E-state index < -0.39 is 0 Å². The molecule has 0 atom stereocenters. The fourth-order valence-electron chi connectivity index (χ4n) is 1.50. The summed E-state index contributed by atoms with van der Waals surface area (Å²) in [6.07, 6.45) is 20.5. The Hall–Kier alpha value is -0.750. The molecule has 0 saturated heterocycles. The summed E-state index contributed by atoms with van der Waals surface area (Å²) in [6.45, 7) is 3.68. The number of allylic oxidation sites excluding steroid dienone is 3. The molecule has 0 aliphatic rings. The molecule has 114 valence electrons. The van der Waals surface area contributed by atoms with E-state index in [1.165, 1.54) is 19.3 Å². The zero-order valence-electron chi connectivity index (χ0n) is 12.8. The zero-order valence-corrected chi connectivity index (χ0v) is 13.6. The van der Waals surface area contributed by atoms with Crippen molar-refractivity contribution in [2.24, 2.45) is 0 Å². The molecule has 0 aromatic rings. The van der Waals surface area contributed by atoms with Crippen LogP contribution in [0.1, 0.15) is 51.9 Å². The van der Waals surface area contributed by atoms with E-state index in [9.17, 15) is 0 Å².